The SMILES string of the molecule is O=S([O-])C12C=CC(CC1)C2. The number of rotatable bonds is 1. The van der Waals surface area contributed by atoms with Crippen LogP contribution in [0.5, 0.6) is 0 Å². The second-order valence-corrected chi connectivity index (χ2v) is 4.44. The molecule has 2 aliphatic carbocycles. The zero-order chi connectivity index (χ0) is 7.19. The Morgan fingerprint density at radius 3 is 2.70 bits per heavy atom. The van der Waals surface area contributed by atoms with Crippen LogP contribution >= 0.6 is 0 Å². The Morgan fingerprint density at radius 2 is 2.50 bits per heavy atom. The standard InChI is InChI=1S/C7H10O2S/c8-10(9)7-3-1-6(5-7)2-4-7/h1,3,6H,2,4-5H2,(H,8,9)/p-1. The van der Waals surface area contributed by atoms with Crippen LogP contribution in [0.1, 0.15) is 19.3 Å². The Hall–Kier alpha value is -0.150. The van der Waals surface area contributed by atoms with E-state index in [0.29, 0.717) is 5.92 Å². The monoisotopic (exact) mass is 157 g/mol. The maximum atomic E-state index is 10.7. The van der Waals surface area contributed by atoms with Gasteiger partial charge in [-0.1, -0.05) is 12.2 Å². The van der Waals surface area contributed by atoms with Crippen LogP contribution in [0.15, 0.2) is 12.2 Å². The molecule has 0 amide bonds. The first-order valence-corrected chi connectivity index (χ1v) is 4.59. The van der Waals surface area contributed by atoms with E-state index in [1.54, 1.807) is 0 Å². The van der Waals surface area contributed by atoms with Gasteiger partial charge in [0.1, 0.15) is 0 Å². The molecule has 0 heterocycles. The minimum atomic E-state index is -1.89. The number of hydrogen-bond acceptors (Lipinski definition) is 2. The summed E-state index contributed by atoms with van der Waals surface area (Å²) in [6.45, 7) is 0. The van der Waals surface area contributed by atoms with Crippen molar-refractivity contribution < 1.29 is 8.76 Å². The molecule has 3 atom stereocenters. The Bertz CT molecular complexity index is 212. The lowest BCUT2D eigenvalue weighted by Gasteiger charge is -2.25. The Kier molecular flexibility index (Phi) is 1.26. The molecule has 0 saturated heterocycles. The van der Waals surface area contributed by atoms with Crippen LogP contribution < -0.4 is 0 Å². The van der Waals surface area contributed by atoms with Gasteiger partial charge in [-0.05, 0) is 36.3 Å². The van der Waals surface area contributed by atoms with Crippen molar-refractivity contribution in [2.24, 2.45) is 5.92 Å². The number of hydrogen-bond donors (Lipinski definition) is 0. The fourth-order valence-corrected chi connectivity index (χ4v) is 2.74. The third-order valence-electron chi connectivity index (χ3n) is 2.55. The summed E-state index contributed by atoms with van der Waals surface area (Å²) in [6.07, 6.45) is 6.64. The van der Waals surface area contributed by atoms with Gasteiger partial charge in [-0.3, -0.25) is 4.21 Å². The average Bonchev–Trinajstić information content (AvgIpc) is 2.45. The van der Waals surface area contributed by atoms with Gasteiger partial charge in [0.15, 0.2) is 0 Å². The van der Waals surface area contributed by atoms with E-state index in [-0.39, 0.29) is 0 Å². The first kappa shape index (κ1) is 6.55. The van der Waals surface area contributed by atoms with E-state index in [2.05, 4.69) is 0 Å². The fourth-order valence-electron chi connectivity index (χ4n) is 1.91. The number of fused-ring (bicyclic) bond motifs is 2. The van der Waals surface area contributed by atoms with Crippen molar-refractivity contribution in [2.45, 2.75) is 24.0 Å². The molecule has 2 nitrogen and oxygen atoms in total. The maximum Gasteiger partial charge on any atom is 0.0512 e. The summed E-state index contributed by atoms with van der Waals surface area (Å²) in [7, 11) is 0. The van der Waals surface area contributed by atoms with E-state index in [4.69, 9.17) is 0 Å². The van der Waals surface area contributed by atoms with Crippen LogP contribution in [0.25, 0.3) is 0 Å². The third kappa shape index (κ3) is 0.705. The lowest BCUT2D eigenvalue weighted by atomic mass is 10.1. The van der Waals surface area contributed by atoms with Crippen molar-refractivity contribution in [3.63, 3.8) is 0 Å². The van der Waals surface area contributed by atoms with Crippen molar-refractivity contribution >= 4 is 11.1 Å². The molecule has 2 bridgehead atoms. The zero-order valence-corrected chi connectivity index (χ0v) is 6.39. The highest BCUT2D eigenvalue weighted by molar-refractivity contribution is 7.80. The predicted octanol–water partition coefficient (Wildman–Crippen LogP) is 0.974. The van der Waals surface area contributed by atoms with Gasteiger partial charge in [-0.15, -0.1) is 0 Å². The van der Waals surface area contributed by atoms with Gasteiger partial charge in [-0.25, -0.2) is 0 Å². The minimum absolute atomic E-state index is 0.454. The van der Waals surface area contributed by atoms with Crippen LogP contribution in [0.4, 0.5) is 0 Å². The molecule has 1 fully saturated rings. The summed E-state index contributed by atoms with van der Waals surface area (Å²) >= 11 is -1.89. The summed E-state index contributed by atoms with van der Waals surface area (Å²) in [5.74, 6) is 0.554. The second-order valence-electron chi connectivity index (χ2n) is 3.16. The van der Waals surface area contributed by atoms with Gasteiger partial charge >= 0.3 is 0 Å². The first-order chi connectivity index (χ1) is 4.73. The smallest absolute Gasteiger partial charge is 0.0512 e. The molecule has 0 aromatic rings. The predicted molar refractivity (Wildman–Crippen MR) is 38.1 cm³/mol. The summed E-state index contributed by atoms with van der Waals surface area (Å²) in [4.78, 5) is 0. The third-order valence-corrected chi connectivity index (χ3v) is 3.72. The van der Waals surface area contributed by atoms with Crippen molar-refractivity contribution in [3.05, 3.63) is 12.2 Å². The Balaban J connectivity index is 2.32. The molecule has 1 saturated carbocycles. The molecule has 2 aliphatic rings. The van der Waals surface area contributed by atoms with E-state index in [1.807, 2.05) is 12.2 Å². The van der Waals surface area contributed by atoms with E-state index in [0.717, 1.165) is 19.3 Å². The minimum Gasteiger partial charge on any atom is -0.772 e. The van der Waals surface area contributed by atoms with E-state index in [9.17, 15) is 8.76 Å². The van der Waals surface area contributed by atoms with Crippen molar-refractivity contribution in [1.29, 1.82) is 0 Å². The molecule has 0 aromatic heterocycles. The van der Waals surface area contributed by atoms with Crippen LogP contribution in [-0.2, 0) is 11.1 Å². The van der Waals surface area contributed by atoms with Crippen molar-refractivity contribution in [2.75, 3.05) is 0 Å². The van der Waals surface area contributed by atoms with E-state index >= 15 is 0 Å². The highest BCUT2D eigenvalue weighted by Crippen LogP contribution is 2.45. The average molecular weight is 157 g/mol. The van der Waals surface area contributed by atoms with Crippen molar-refractivity contribution in [3.8, 4) is 0 Å². The highest BCUT2D eigenvalue weighted by atomic mass is 32.2. The molecule has 3 unspecified atom stereocenters. The zero-order valence-electron chi connectivity index (χ0n) is 5.58. The second kappa shape index (κ2) is 1.92. The molecule has 0 spiro atoms. The van der Waals surface area contributed by atoms with Gasteiger partial charge in [0.25, 0.3) is 0 Å². The highest BCUT2D eigenvalue weighted by Gasteiger charge is 2.41. The van der Waals surface area contributed by atoms with Crippen LogP contribution in [0.2, 0.25) is 0 Å². The largest absolute Gasteiger partial charge is 0.772 e. The van der Waals surface area contributed by atoms with Gasteiger partial charge in [0, 0.05) is 0 Å². The van der Waals surface area contributed by atoms with Gasteiger partial charge < -0.3 is 4.55 Å². The molecule has 0 radical (unpaired) electrons. The fraction of sp³-hybridized carbons (Fsp3) is 0.714. The molecule has 10 heavy (non-hydrogen) atoms. The molecule has 0 N–H and O–H groups in total. The summed E-state index contributed by atoms with van der Waals surface area (Å²) in [5, 5.41) is 0. The summed E-state index contributed by atoms with van der Waals surface area (Å²) in [5.41, 5.74) is 0. The topological polar surface area (TPSA) is 40.1 Å². The molecular formula is C7H9O2S-. The molecule has 0 aromatic carbocycles. The van der Waals surface area contributed by atoms with Crippen LogP contribution in [0, 0.1) is 5.92 Å². The normalized spacial score (nSPS) is 46.3. The molecular weight excluding hydrogens is 148 g/mol. The maximum absolute atomic E-state index is 10.7. The van der Waals surface area contributed by atoms with E-state index in [1.165, 1.54) is 0 Å². The molecule has 2 rings (SSSR count). The first-order valence-electron chi connectivity index (χ1n) is 3.52. The lowest BCUT2D eigenvalue weighted by molar-refractivity contribution is 0.502. The van der Waals surface area contributed by atoms with E-state index < -0.39 is 15.8 Å². The van der Waals surface area contributed by atoms with Gasteiger partial charge in [0.2, 0.25) is 0 Å². The Morgan fingerprint density at radius 1 is 1.70 bits per heavy atom. The van der Waals surface area contributed by atoms with Gasteiger partial charge in [-0.2, -0.15) is 0 Å². The van der Waals surface area contributed by atoms with Gasteiger partial charge in [0.05, 0.1) is 4.75 Å². The van der Waals surface area contributed by atoms with Crippen LogP contribution in [-0.4, -0.2) is 13.5 Å². The Labute approximate surface area is 62.6 Å². The molecule has 0 aliphatic heterocycles. The lowest BCUT2D eigenvalue weighted by Crippen LogP contribution is -2.26. The summed E-state index contributed by atoms with van der Waals surface area (Å²) < 4.78 is 21.0. The molecule has 56 valence electrons. The summed E-state index contributed by atoms with van der Waals surface area (Å²) in [6, 6.07) is 0. The number of allylic oxidation sites excluding steroid dienone is 1. The van der Waals surface area contributed by atoms with Crippen LogP contribution in [0.3, 0.4) is 0 Å². The quantitative estimate of drug-likeness (QED) is 0.420. The molecule has 3 heteroatoms. The van der Waals surface area contributed by atoms with Crippen molar-refractivity contribution in [1.82, 2.24) is 0 Å².